The van der Waals surface area contributed by atoms with Gasteiger partial charge >= 0.3 is 19.2 Å². The molecule has 4 atom stereocenters. The number of carboxylic acids is 1. The van der Waals surface area contributed by atoms with Crippen molar-refractivity contribution >= 4 is 25.1 Å². The van der Waals surface area contributed by atoms with Gasteiger partial charge in [-0.1, -0.05) is 20.3 Å². The molecule has 1 aliphatic rings. The van der Waals surface area contributed by atoms with Crippen LogP contribution in [0.3, 0.4) is 0 Å². The third kappa shape index (κ3) is 8.66. The second kappa shape index (κ2) is 11.1. The number of aliphatic carboxylic acids is 1. The number of hydrogen-bond donors (Lipinski definition) is 6. The van der Waals surface area contributed by atoms with Crippen LogP contribution in [0.2, 0.25) is 6.32 Å². The summed E-state index contributed by atoms with van der Waals surface area (Å²) >= 11 is 0. The molecule has 0 aromatic rings. The van der Waals surface area contributed by atoms with Crippen molar-refractivity contribution in [2.45, 2.75) is 83.8 Å². The first-order valence-corrected chi connectivity index (χ1v) is 10.8. The maximum Gasteiger partial charge on any atom is 0.451 e. The van der Waals surface area contributed by atoms with E-state index >= 15 is 0 Å². The molecule has 0 unspecified atom stereocenters. The summed E-state index contributed by atoms with van der Waals surface area (Å²) < 4.78 is 5.22. The maximum atomic E-state index is 12.7. The Hall–Kier alpha value is -1.85. The van der Waals surface area contributed by atoms with Gasteiger partial charge in [-0.25, -0.2) is 4.79 Å². The van der Waals surface area contributed by atoms with Crippen molar-refractivity contribution in [2.24, 2.45) is 23.5 Å². The average Bonchev–Trinajstić information content (AvgIpc) is 2.61. The first kappa shape index (κ1) is 27.2. The van der Waals surface area contributed by atoms with Gasteiger partial charge in [-0.15, -0.1) is 0 Å². The van der Waals surface area contributed by atoms with Crippen LogP contribution in [-0.2, 0) is 14.3 Å². The number of nitrogens with one attached hydrogen (secondary N) is 2. The minimum absolute atomic E-state index is 0.0351. The van der Waals surface area contributed by atoms with Crippen LogP contribution in [0.4, 0.5) is 4.79 Å². The molecule has 0 aromatic heterocycles. The molecule has 0 aliphatic heterocycles. The molecule has 7 N–H and O–H groups in total. The van der Waals surface area contributed by atoms with E-state index in [1.165, 1.54) is 0 Å². The minimum Gasteiger partial charge on any atom is -0.480 e. The first-order chi connectivity index (χ1) is 14.2. The van der Waals surface area contributed by atoms with Crippen LogP contribution in [0.5, 0.6) is 0 Å². The van der Waals surface area contributed by atoms with Crippen molar-refractivity contribution in [1.29, 1.82) is 0 Å². The van der Waals surface area contributed by atoms with Gasteiger partial charge in [0.1, 0.15) is 17.2 Å². The molecule has 1 rings (SSSR count). The number of amides is 2. The van der Waals surface area contributed by atoms with Gasteiger partial charge in [0.25, 0.3) is 0 Å². The highest BCUT2D eigenvalue weighted by Gasteiger charge is 2.47. The summed E-state index contributed by atoms with van der Waals surface area (Å²) in [4.78, 5) is 36.7. The van der Waals surface area contributed by atoms with Crippen LogP contribution in [-0.4, -0.2) is 64.0 Å². The Labute approximate surface area is 184 Å². The zero-order valence-electron chi connectivity index (χ0n) is 19.2. The third-order valence-electron chi connectivity index (χ3n) is 5.65. The molecule has 0 aromatic carbocycles. The standard InChI is InChI=1S/C20H38BN3O7/c1-12(2)15(24-18(28)31-19(3,4)5)16(25)23-11-14-7-6-13(8-9-21(29)30)10-20(14,22)17(26)27/h12-15,29-30H,6-11,22H2,1-5H3,(H,23,25)(H,24,28)(H,26,27)/t13-,14+,15-,20+/m0/s1. The number of nitrogens with two attached hydrogens (primary N) is 1. The highest BCUT2D eigenvalue weighted by atomic mass is 16.6. The predicted molar refractivity (Wildman–Crippen MR) is 116 cm³/mol. The van der Waals surface area contributed by atoms with E-state index in [4.69, 9.17) is 20.5 Å². The van der Waals surface area contributed by atoms with Gasteiger partial charge in [0.2, 0.25) is 5.91 Å². The van der Waals surface area contributed by atoms with E-state index in [0.29, 0.717) is 19.3 Å². The van der Waals surface area contributed by atoms with Gasteiger partial charge < -0.3 is 36.3 Å². The lowest BCUT2D eigenvalue weighted by Gasteiger charge is -2.41. The molecule has 2 amide bonds. The molecule has 0 spiro atoms. The molecule has 1 saturated carbocycles. The number of ether oxygens (including phenoxy) is 1. The Kier molecular flexibility index (Phi) is 9.78. The minimum atomic E-state index is -1.53. The zero-order valence-corrected chi connectivity index (χ0v) is 19.2. The first-order valence-electron chi connectivity index (χ1n) is 10.8. The van der Waals surface area contributed by atoms with E-state index in [0.717, 1.165) is 0 Å². The van der Waals surface area contributed by atoms with E-state index in [1.807, 2.05) is 0 Å². The van der Waals surface area contributed by atoms with Crippen LogP contribution in [0.15, 0.2) is 0 Å². The lowest BCUT2D eigenvalue weighted by Crippen LogP contribution is -2.61. The van der Waals surface area contributed by atoms with E-state index in [2.05, 4.69) is 10.6 Å². The molecule has 1 aliphatic carbocycles. The van der Waals surface area contributed by atoms with Gasteiger partial charge in [0.15, 0.2) is 0 Å². The van der Waals surface area contributed by atoms with E-state index in [-0.39, 0.29) is 31.1 Å². The van der Waals surface area contributed by atoms with Crippen LogP contribution in [0.1, 0.15) is 60.3 Å². The molecule has 31 heavy (non-hydrogen) atoms. The number of alkyl carbamates (subject to hydrolysis) is 1. The molecule has 11 heteroatoms. The summed E-state index contributed by atoms with van der Waals surface area (Å²) in [6.07, 6.45) is 1.29. The summed E-state index contributed by atoms with van der Waals surface area (Å²) in [6, 6.07) is -0.839. The average molecular weight is 443 g/mol. The molecule has 0 bridgehead atoms. The van der Waals surface area contributed by atoms with Crippen molar-refractivity contribution in [3.63, 3.8) is 0 Å². The molecule has 0 saturated heterocycles. The van der Waals surface area contributed by atoms with Crippen LogP contribution in [0.25, 0.3) is 0 Å². The van der Waals surface area contributed by atoms with Crippen molar-refractivity contribution in [1.82, 2.24) is 10.6 Å². The lowest BCUT2D eigenvalue weighted by molar-refractivity contribution is -0.148. The second-order valence-corrected chi connectivity index (χ2v) is 9.86. The SMILES string of the molecule is CC(C)[C@H](NC(=O)OC(C)(C)C)C(=O)NC[C@H]1CC[C@@H](CCB(O)O)C[C@]1(N)C(=O)O. The van der Waals surface area contributed by atoms with Crippen molar-refractivity contribution < 1.29 is 34.3 Å². The largest absolute Gasteiger partial charge is 0.480 e. The Morgan fingerprint density at radius 3 is 2.32 bits per heavy atom. The molecular weight excluding hydrogens is 405 g/mol. The van der Waals surface area contributed by atoms with Crippen molar-refractivity contribution in [2.75, 3.05) is 6.54 Å². The fraction of sp³-hybridized carbons (Fsp3) is 0.850. The third-order valence-corrected chi connectivity index (χ3v) is 5.65. The van der Waals surface area contributed by atoms with E-state index in [9.17, 15) is 19.5 Å². The zero-order chi connectivity index (χ0) is 24.0. The number of carbonyl (C=O) groups excluding carboxylic acids is 2. The van der Waals surface area contributed by atoms with Crippen molar-refractivity contribution in [3.8, 4) is 0 Å². The predicted octanol–water partition coefficient (Wildman–Crippen LogP) is 0.713. The van der Waals surface area contributed by atoms with Crippen molar-refractivity contribution in [3.05, 3.63) is 0 Å². The van der Waals surface area contributed by atoms with E-state index in [1.54, 1.807) is 34.6 Å². The number of carboxylic acid groups (broad SMARTS) is 1. The molecule has 0 heterocycles. The summed E-state index contributed by atoms with van der Waals surface area (Å²) in [7, 11) is -1.43. The van der Waals surface area contributed by atoms with Crippen LogP contribution in [0, 0.1) is 17.8 Å². The van der Waals surface area contributed by atoms with Gasteiger partial charge in [-0.05, 0) is 58.2 Å². The topological polar surface area (TPSA) is 171 Å². The molecule has 0 radical (unpaired) electrons. The Balaban J connectivity index is 2.75. The smallest absolute Gasteiger partial charge is 0.451 e. The van der Waals surface area contributed by atoms with Crippen LogP contribution >= 0.6 is 0 Å². The summed E-state index contributed by atoms with van der Waals surface area (Å²) in [5.74, 6) is -2.31. The number of rotatable bonds is 9. The van der Waals surface area contributed by atoms with E-state index < -0.39 is 48.2 Å². The number of hydrogen-bond acceptors (Lipinski definition) is 7. The molecule has 178 valence electrons. The molecular formula is C20H38BN3O7. The highest BCUT2D eigenvalue weighted by molar-refractivity contribution is 6.40. The van der Waals surface area contributed by atoms with Gasteiger partial charge in [-0.3, -0.25) is 9.59 Å². The Morgan fingerprint density at radius 2 is 1.84 bits per heavy atom. The fourth-order valence-corrected chi connectivity index (χ4v) is 3.92. The monoisotopic (exact) mass is 443 g/mol. The Morgan fingerprint density at radius 1 is 1.23 bits per heavy atom. The normalized spacial score (nSPS) is 24.9. The Bertz CT molecular complexity index is 639. The molecule has 10 nitrogen and oxygen atoms in total. The lowest BCUT2D eigenvalue weighted by atomic mass is 9.66. The molecule has 1 fully saturated rings. The summed E-state index contributed by atoms with van der Waals surface area (Å²) in [5, 5.41) is 33.2. The van der Waals surface area contributed by atoms with Crippen LogP contribution < -0.4 is 16.4 Å². The number of carbonyl (C=O) groups is 3. The summed E-state index contributed by atoms with van der Waals surface area (Å²) in [5.41, 5.74) is 4.02. The summed E-state index contributed by atoms with van der Waals surface area (Å²) in [6.45, 7) is 8.81. The maximum absolute atomic E-state index is 12.7. The van der Waals surface area contributed by atoms with Gasteiger partial charge in [-0.2, -0.15) is 0 Å². The fourth-order valence-electron chi connectivity index (χ4n) is 3.92. The van der Waals surface area contributed by atoms with Gasteiger partial charge in [0.05, 0.1) is 0 Å². The highest BCUT2D eigenvalue weighted by Crippen LogP contribution is 2.38. The van der Waals surface area contributed by atoms with Gasteiger partial charge in [0, 0.05) is 12.5 Å². The quantitative estimate of drug-likeness (QED) is 0.283. The second-order valence-electron chi connectivity index (χ2n) is 9.86.